The zero-order chi connectivity index (χ0) is 12.1. The average Bonchev–Trinajstić information content (AvgIpc) is 2.75. The fourth-order valence-electron chi connectivity index (χ4n) is 2.21. The van der Waals surface area contributed by atoms with E-state index in [0.717, 1.165) is 11.5 Å². The fourth-order valence-corrected chi connectivity index (χ4v) is 2.21. The van der Waals surface area contributed by atoms with Gasteiger partial charge in [0, 0.05) is 5.39 Å². The molecule has 1 nitrogen and oxygen atoms in total. The van der Waals surface area contributed by atoms with Crippen LogP contribution in [0.1, 0.15) is 45.1 Å². The highest BCUT2D eigenvalue weighted by molar-refractivity contribution is 5.77. The second kappa shape index (κ2) is 5.90. The molecule has 0 aliphatic carbocycles. The van der Waals surface area contributed by atoms with Crippen molar-refractivity contribution in [2.75, 3.05) is 0 Å². The summed E-state index contributed by atoms with van der Waals surface area (Å²) in [6.45, 7) is 4.59. The van der Waals surface area contributed by atoms with E-state index < -0.39 is 0 Å². The van der Waals surface area contributed by atoms with E-state index in [2.05, 4.69) is 32.0 Å². The maximum atomic E-state index is 5.42. The van der Waals surface area contributed by atoms with Crippen molar-refractivity contribution in [2.24, 2.45) is 5.92 Å². The van der Waals surface area contributed by atoms with Gasteiger partial charge in [0.25, 0.3) is 0 Å². The van der Waals surface area contributed by atoms with Crippen LogP contribution in [0.5, 0.6) is 0 Å². The van der Waals surface area contributed by atoms with Gasteiger partial charge in [0.1, 0.15) is 5.58 Å². The first-order chi connectivity index (χ1) is 8.25. The van der Waals surface area contributed by atoms with Gasteiger partial charge in [-0.2, -0.15) is 0 Å². The first-order valence-corrected chi connectivity index (χ1v) is 6.72. The van der Waals surface area contributed by atoms with Crippen LogP contribution in [0.2, 0.25) is 0 Å². The number of furan rings is 1. The molecule has 2 rings (SSSR count). The summed E-state index contributed by atoms with van der Waals surface area (Å²) in [5.74, 6) is 0.842. The molecule has 17 heavy (non-hydrogen) atoms. The first kappa shape index (κ1) is 12.2. The van der Waals surface area contributed by atoms with Crippen LogP contribution in [0, 0.1) is 5.92 Å². The molecule has 0 unspecified atom stereocenters. The zero-order valence-electron chi connectivity index (χ0n) is 10.9. The Morgan fingerprint density at radius 1 is 1.06 bits per heavy atom. The summed E-state index contributed by atoms with van der Waals surface area (Å²) in [5.41, 5.74) is 2.42. The van der Waals surface area contributed by atoms with Crippen molar-refractivity contribution in [3.05, 3.63) is 36.1 Å². The minimum Gasteiger partial charge on any atom is -0.464 e. The molecule has 0 aliphatic rings. The summed E-state index contributed by atoms with van der Waals surface area (Å²) in [5, 5.41) is 1.20. The Balaban J connectivity index is 1.78. The molecule has 1 heterocycles. The van der Waals surface area contributed by atoms with Crippen LogP contribution in [-0.4, -0.2) is 0 Å². The Labute approximate surface area is 104 Å². The molecule has 1 heteroatoms. The van der Waals surface area contributed by atoms with E-state index >= 15 is 0 Å². The maximum Gasteiger partial charge on any atom is 0.134 e. The van der Waals surface area contributed by atoms with Crippen LogP contribution in [0.3, 0.4) is 0 Å². The Bertz CT molecular complexity index is 453. The second-order valence-corrected chi connectivity index (χ2v) is 5.29. The quantitative estimate of drug-likeness (QED) is 0.622. The van der Waals surface area contributed by atoms with Crippen LogP contribution in [0.4, 0.5) is 0 Å². The Morgan fingerprint density at radius 3 is 2.76 bits per heavy atom. The minimum atomic E-state index is 0.842. The molecule has 0 amide bonds. The molecule has 0 fully saturated rings. The van der Waals surface area contributed by atoms with Gasteiger partial charge in [-0.15, -0.1) is 0 Å². The lowest BCUT2D eigenvalue weighted by molar-refractivity contribution is 0.527. The Hall–Kier alpha value is -1.24. The van der Waals surface area contributed by atoms with Gasteiger partial charge < -0.3 is 4.42 Å². The summed E-state index contributed by atoms with van der Waals surface area (Å²) in [6.07, 6.45) is 8.29. The lowest BCUT2D eigenvalue weighted by Gasteiger charge is -2.04. The molecular weight excluding hydrogens is 208 g/mol. The van der Waals surface area contributed by atoms with E-state index in [1.54, 1.807) is 6.26 Å². The molecule has 0 atom stereocenters. The van der Waals surface area contributed by atoms with E-state index in [1.807, 2.05) is 6.07 Å². The molecule has 0 N–H and O–H groups in total. The van der Waals surface area contributed by atoms with Gasteiger partial charge in [0.05, 0.1) is 6.26 Å². The van der Waals surface area contributed by atoms with Crippen molar-refractivity contribution in [1.29, 1.82) is 0 Å². The van der Waals surface area contributed by atoms with Crippen molar-refractivity contribution in [3.63, 3.8) is 0 Å². The summed E-state index contributed by atoms with van der Waals surface area (Å²) in [7, 11) is 0. The van der Waals surface area contributed by atoms with Gasteiger partial charge in [-0.25, -0.2) is 0 Å². The molecule has 0 radical (unpaired) electrons. The van der Waals surface area contributed by atoms with E-state index in [1.165, 1.54) is 43.1 Å². The van der Waals surface area contributed by atoms with Crippen LogP contribution in [0.25, 0.3) is 11.0 Å². The van der Waals surface area contributed by atoms with Gasteiger partial charge in [-0.05, 0) is 36.5 Å². The van der Waals surface area contributed by atoms with Crippen LogP contribution in [0.15, 0.2) is 34.9 Å². The van der Waals surface area contributed by atoms with Crippen LogP contribution in [-0.2, 0) is 6.42 Å². The second-order valence-electron chi connectivity index (χ2n) is 5.29. The SMILES string of the molecule is CC(C)CCCCCc1ccc2ccoc2c1. The monoisotopic (exact) mass is 230 g/mol. The molecule has 0 saturated carbocycles. The molecule has 0 spiro atoms. The van der Waals surface area contributed by atoms with Gasteiger partial charge in [-0.1, -0.05) is 45.2 Å². The highest BCUT2D eigenvalue weighted by atomic mass is 16.3. The van der Waals surface area contributed by atoms with Gasteiger partial charge in [0.15, 0.2) is 0 Å². The van der Waals surface area contributed by atoms with Gasteiger partial charge >= 0.3 is 0 Å². The number of hydrogen-bond acceptors (Lipinski definition) is 1. The average molecular weight is 230 g/mol. The van der Waals surface area contributed by atoms with Crippen molar-refractivity contribution in [2.45, 2.75) is 46.0 Å². The molecule has 2 aromatic rings. The van der Waals surface area contributed by atoms with Crippen molar-refractivity contribution in [1.82, 2.24) is 0 Å². The topological polar surface area (TPSA) is 13.1 Å². The van der Waals surface area contributed by atoms with E-state index in [9.17, 15) is 0 Å². The highest BCUT2D eigenvalue weighted by Gasteiger charge is 2.00. The lowest BCUT2D eigenvalue weighted by Crippen LogP contribution is -1.89. The summed E-state index contributed by atoms with van der Waals surface area (Å²) >= 11 is 0. The van der Waals surface area contributed by atoms with Crippen molar-refractivity contribution < 1.29 is 4.42 Å². The predicted molar refractivity (Wildman–Crippen MR) is 73.2 cm³/mol. The van der Waals surface area contributed by atoms with Crippen LogP contribution >= 0.6 is 0 Å². The summed E-state index contributed by atoms with van der Waals surface area (Å²) < 4.78 is 5.42. The molecule has 1 aromatic carbocycles. The maximum absolute atomic E-state index is 5.42. The zero-order valence-corrected chi connectivity index (χ0v) is 10.9. The fraction of sp³-hybridized carbons (Fsp3) is 0.500. The van der Waals surface area contributed by atoms with E-state index in [0.29, 0.717) is 0 Å². The smallest absolute Gasteiger partial charge is 0.134 e. The minimum absolute atomic E-state index is 0.842. The normalized spacial score (nSPS) is 11.5. The molecular formula is C16H22O. The molecule has 1 aromatic heterocycles. The number of hydrogen-bond donors (Lipinski definition) is 0. The lowest BCUT2D eigenvalue weighted by atomic mass is 10.0. The number of aryl methyl sites for hydroxylation is 1. The van der Waals surface area contributed by atoms with Crippen molar-refractivity contribution >= 4 is 11.0 Å². The summed E-state index contributed by atoms with van der Waals surface area (Å²) in [4.78, 5) is 0. The van der Waals surface area contributed by atoms with Gasteiger partial charge in [-0.3, -0.25) is 0 Å². The predicted octanol–water partition coefficient (Wildman–Crippen LogP) is 5.19. The Kier molecular flexibility index (Phi) is 4.24. The van der Waals surface area contributed by atoms with E-state index in [-0.39, 0.29) is 0 Å². The summed E-state index contributed by atoms with van der Waals surface area (Å²) in [6, 6.07) is 8.57. The van der Waals surface area contributed by atoms with Gasteiger partial charge in [0.2, 0.25) is 0 Å². The third kappa shape index (κ3) is 3.62. The van der Waals surface area contributed by atoms with E-state index in [4.69, 9.17) is 4.42 Å². The molecule has 0 saturated heterocycles. The largest absolute Gasteiger partial charge is 0.464 e. The third-order valence-corrected chi connectivity index (χ3v) is 3.27. The van der Waals surface area contributed by atoms with Crippen LogP contribution < -0.4 is 0 Å². The van der Waals surface area contributed by atoms with Crippen molar-refractivity contribution in [3.8, 4) is 0 Å². The number of fused-ring (bicyclic) bond motifs is 1. The molecule has 0 bridgehead atoms. The highest BCUT2D eigenvalue weighted by Crippen LogP contribution is 2.18. The first-order valence-electron chi connectivity index (χ1n) is 6.72. The number of benzene rings is 1. The standard InChI is InChI=1S/C16H22O/c1-13(2)6-4-3-5-7-14-8-9-15-10-11-17-16(15)12-14/h8-13H,3-7H2,1-2H3. The molecule has 92 valence electrons. The molecule has 0 aliphatic heterocycles. The number of rotatable bonds is 6. The third-order valence-electron chi connectivity index (χ3n) is 3.27. The number of unbranched alkanes of at least 4 members (excludes halogenated alkanes) is 2. The Morgan fingerprint density at radius 2 is 1.94 bits per heavy atom.